The Morgan fingerprint density at radius 3 is 2.75 bits per heavy atom. The molecule has 0 unspecified atom stereocenters. The molecule has 0 fully saturated rings. The summed E-state index contributed by atoms with van der Waals surface area (Å²) < 4.78 is 0. The van der Waals surface area contributed by atoms with Crippen LogP contribution in [0.25, 0.3) is 11.4 Å². The monoisotopic (exact) mass is 392 g/mol. The van der Waals surface area contributed by atoms with Gasteiger partial charge in [-0.05, 0) is 61.4 Å². The molecule has 2 N–H and O–H groups in total. The number of nitrogens with zero attached hydrogens (tertiary/aromatic N) is 2. The van der Waals surface area contributed by atoms with Gasteiger partial charge in [0.25, 0.3) is 0 Å². The normalized spacial score (nSPS) is 13.9. The van der Waals surface area contributed by atoms with E-state index >= 15 is 0 Å². The van der Waals surface area contributed by atoms with Gasteiger partial charge in [0.1, 0.15) is 0 Å². The molecule has 28 heavy (non-hydrogen) atoms. The number of hydrogen-bond acceptors (Lipinski definition) is 4. The Hall–Kier alpha value is -2.60. The zero-order valence-electron chi connectivity index (χ0n) is 16.2. The highest BCUT2D eigenvalue weighted by atomic mass is 32.2. The number of aryl methyl sites for hydroxylation is 3. The number of carbonyl (C=O) groups is 1. The number of aromatic nitrogens is 3. The van der Waals surface area contributed by atoms with E-state index in [4.69, 9.17) is 0 Å². The number of anilines is 1. The van der Waals surface area contributed by atoms with Crippen LogP contribution in [0.5, 0.6) is 0 Å². The van der Waals surface area contributed by atoms with Gasteiger partial charge in [0.05, 0.1) is 5.25 Å². The fraction of sp³-hybridized carbons (Fsp3) is 0.318. The predicted octanol–water partition coefficient (Wildman–Crippen LogP) is 4.64. The van der Waals surface area contributed by atoms with Gasteiger partial charge in [0.2, 0.25) is 11.1 Å². The summed E-state index contributed by atoms with van der Waals surface area (Å²) in [5.74, 6) is 0.679. The number of hydrogen-bond donors (Lipinski definition) is 2. The maximum Gasteiger partial charge on any atom is 0.237 e. The van der Waals surface area contributed by atoms with Crippen molar-refractivity contribution in [2.24, 2.45) is 0 Å². The number of benzene rings is 2. The Morgan fingerprint density at radius 2 is 1.96 bits per heavy atom. The van der Waals surface area contributed by atoms with Crippen LogP contribution in [0.4, 0.5) is 5.69 Å². The van der Waals surface area contributed by atoms with Crippen LogP contribution in [0, 0.1) is 0 Å². The lowest BCUT2D eigenvalue weighted by atomic mass is 10.1. The van der Waals surface area contributed by atoms with E-state index < -0.39 is 0 Å². The third-order valence-electron chi connectivity index (χ3n) is 5.12. The lowest BCUT2D eigenvalue weighted by molar-refractivity contribution is -0.115. The standard InChI is InChI=1S/C22H24N4OS/c1-3-15-7-9-17(10-8-15)20-24-22(26-25-20)28-14(2)21(27)23-19-12-11-16-5-4-6-18(16)13-19/h7-14H,3-6H2,1-2H3,(H,23,27)(H,24,25,26)/t14-/m0/s1. The second-order valence-electron chi connectivity index (χ2n) is 7.10. The van der Waals surface area contributed by atoms with Gasteiger partial charge in [0, 0.05) is 11.3 Å². The van der Waals surface area contributed by atoms with Gasteiger partial charge >= 0.3 is 0 Å². The van der Waals surface area contributed by atoms with E-state index in [2.05, 4.69) is 51.7 Å². The Balaban J connectivity index is 1.38. The van der Waals surface area contributed by atoms with Crippen LogP contribution in [0.3, 0.4) is 0 Å². The van der Waals surface area contributed by atoms with E-state index in [-0.39, 0.29) is 11.2 Å². The predicted molar refractivity (Wildman–Crippen MR) is 114 cm³/mol. The molecule has 5 nitrogen and oxygen atoms in total. The molecule has 0 aliphatic heterocycles. The Morgan fingerprint density at radius 1 is 1.18 bits per heavy atom. The second kappa shape index (κ2) is 8.19. The van der Waals surface area contributed by atoms with Gasteiger partial charge in [-0.2, -0.15) is 0 Å². The van der Waals surface area contributed by atoms with Gasteiger partial charge in [-0.1, -0.05) is 49.0 Å². The van der Waals surface area contributed by atoms with Crippen LogP contribution >= 0.6 is 11.8 Å². The molecular weight excluding hydrogens is 368 g/mol. The third-order valence-corrected chi connectivity index (χ3v) is 6.08. The molecule has 1 atom stereocenters. The average molecular weight is 393 g/mol. The maximum absolute atomic E-state index is 12.6. The number of carbonyl (C=O) groups excluding carboxylic acids is 1. The quantitative estimate of drug-likeness (QED) is 0.600. The molecule has 1 amide bonds. The molecule has 2 aromatic carbocycles. The number of H-pyrrole nitrogens is 1. The number of thioether (sulfide) groups is 1. The highest BCUT2D eigenvalue weighted by molar-refractivity contribution is 8.00. The molecule has 1 heterocycles. The summed E-state index contributed by atoms with van der Waals surface area (Å²) >= 11 is 1.35. The number of amides is 1. The third kappa shape index (κ3) is 4.12. The van der Waals surface area contributed by atoms with Crippen molar-refractivity contribution in [2.75, 3.05) is 5.32 Å². The van der Waals surface area contributed by atoms with Crippen molar-refractivity contribution in [1.82, 2.24) is 15.2 Å². The lowest BCUT2D eigenvalue weighted by Gasteiger charge is -2.11. The van der Waals surface area contributed by atoms with Gasteiger partial charge < -0.3 is 5.32 Å². The number of nitrogens with one attached hydrogen (secondary N) is 2. The van der Waals surface area contributed by atoms with Gasteiger partial charge in [-0.25, -0.2) is 4.98 Å². The smallest absolute Gasteiger partial charge is 0.237 e. The van der Waals surface area contributed by atoms with Gasteiger partial charge in [-0.3, -0.25) is 9.89 Å². The molecule has 6 heteroatoms. The van der Waals surface area contributed by atoms with Gasteiger partial charge in [0.15, 0.2) is 5.82 Å². The van der Waals surface area contributed by atoms with Crippen molar-refractivity contribution in [2.45, 2.75) is 49.9 Å². The fourth-order valence-corrected chi connectivity index (χ4v) is 4.16. The highest BCUT2D eigenvalue weighted by Crippen LogP contribution is 2.27. The summed E-state index contributed by atoms with van der Waals surface area (Å²) in [6, 6.07) is 14.5. The minimum Gasteiger partial charge on any atom is -0.325 e. The van der Waals surface area contributed by atoms with Crippen LogP contribution in [0.2, 0.25) is 0 Å². The highest BCUT2D eigenvalue weighted by Gasteiger charge is 2.19. The molecule has 1 aliphatic rings. The molecule has 0 saturated heterocycles. The van der Waals surface area contributed by atoms with E-state index in [9.17, 15) is 4.79 Å². The number of aromatic amines is 1. The van der Waals surface area contributed by atoms with E-state index in [0.29, 0.717) is 5.16 Å². The SMILES string of the molecule is CCc1ccc(-c2nc(S[C@@H](C)C(=O)Nc3ccc4c(c3)CCC4)n[nH]2)cc1. The van der Waals surface area contributed by atoms with Crippen LogP contribution in [-0.4, -0.2) is 26.3 Å². The van der Waals surface area contributed by atoms with Crippen molar-refractivity contribution < 1.29 is 4.79 Å². The fourth-order valence-electron chi connectivity index (χ4n) is 3.43. The first-order valence-corrected chi connectivity index (χ1v) is 10.6. The van der Waals surface area contributed by atoms with Crippen LogP contribution in [0.15, 0.2) is 47.6 Å². The molecule has 4 rings (SSSR count). The summed E-state index contributed by atoms with van der Waals surface area (Å²) in [6.45, 7) is 4.01. The number of rotatable bonds is 6. The maximum atomic E-state index is 12.6. The van der Waals surface area contributed by atoms with Crippen molar-refractivity contribution in [3.8, 4) is 11.4 Å². The summed E-state index contributed by atoms with van der Waals surface area (Å²) in [7, 11) is 0. The number of fused-ring (bicyclic) bond motifs is 1. The first-order chi connectivity index (χ1) is 13.6. The zero-order valence-corrected chi connectivity index (χ0v) is 17.0. The van der Waals surface area contributed by atoms with Crippen molar-refractivity contribution in [1.29, 1.82) is 0 Å². The van der Waals surface area contributed by atoms with Crippen molar-refractivity contribution >= 4 is 23.4 Å². The van der Waals surface area contributed by atoms with Crippen LogP contribution in [-0.2, 0) is 24.1 Å². The van der Waals surface area contributed by atoms with Crippen LogP contribution in [0.1, 0.15) is 37.0 Å². The van der Waals surface area contributed by atoms with Crippen molar-refractivity contribution in [3.05, 3.63) is 59.2 Å². The topological polar surface area (TPSA) is 70.7 Å². The first kappa shape index (κ1) is 18.7. The Labute approximate surface area is 169 Å². The van der Waals surface area contributed by atoms with E-state index in [1.165, 1.54) is 34.9 Å². The molecule has 0 spiro atoms. The molecule has 1 aromatic heterocycles. The molecule has 1 aliphatic carbocycles. The average Bonchev–Trinajstić information content (AvgIpc) is 3.37. The Bertz CT molecular complexity index is 980. The minimum absolute atomic E-state index is 0.0402. The molecule has 0 radical (unpaired) electrons. The molecular formula is C22H24N4OS. The zero-order chi connectivity index (χ0) is 19.5. The largest absolute Gasteiger partial charge is 0.325 e. The van der Waals surface area contributed by atoms with Crippen molar-refractivity contribution in [3.63, 3.8) is 0 Å². The van der Waals surface area contributed by atoms with E-state index in [1.54, 1.807) is 0 Å². The second-order valence-corrected chi connectivity index (χ2v) is 8.41. The van der Waals surface area contributed by atoms with Crippen LogP contribution < -0.4 is 5.32 Å². The summed E-state index contributed by atoms with van der Waals surface area (Å²) in [6.07, 6.45) is 4.45. The lowest BCUT2D eigenvalue weighted by Crippen LogP contribution is -2.22. The molecule has 144 valence electrons. The summed E-state index contributed by atoms with van der Waals surface area (Å²) in [4.78, 5) is 17.1. The summed E-state index contributed by atoms with van der Waals surface area (Å²) in [5, 5.41) is 10.5. The van der Waals surface area contributed by atoms with Gasteiger partial charge in [-0.15, -0.1) is 5.10 Å². The van der Waals surface area contributed by atoms with E-state index in [1.807, 2.05) is 25.1 Å². The molecule has 0 bridgehead atoms. The summed E-state index contributed by atoms with van der Waals surface area (Å²) in [5.41, 5.74) is 5.90. The molecule has 0 saturated carbocycles. The minimum atomic E-state index is -0.292. The Kier molecular flexibility index (Phi) is 5.48. The van der Waals surface area contributed by atoms with E-state index in [0.717, 1.165) is 36.3 Å². The molecule has 3 aromatic rings. The first-order valence-electron chi connectivity index (χ1n) is 9.73.